The number of hydrogen-bond acceptors (Lipinski definition) is 3. The van der Waals surface area contributed by atoms with E-state index < -0.39 is 0 Å². The number of aryl methyl sites for hydroxylation is 1. The van der Waals surface area contributed by atoms with Crippen LogP contribution in [0.4, 0.5) is 0 Å². The van der Waals surface area contributed by atoms with E-state index in [9.17, 15) is 0 Å². The van der Waals surface area contributed by atoms with Gasteiger partial charge in [0.1, 0.15) is 6.61 Å². The molecule has 3 aromatic carbocycles. The second-order valence-electron chi connectivity index (χ2n) is 6.54. The fraction of sp³-hybridized carbons (Fsp3) is 0.250. The lowest BCUT2D eigenvalue weighted by Crippen LogP contribution is -2.14. The van der Waals surface area contributed by atoms with Crippen molar-refractivity contribution in [2.24, 2.45) is 0 Å². The fourth-order valence-corrected chi connectivity index (χ4v) is 2.91. The minimum Gasteiger partial charge on any atom is -0.490 e. The second kappa shape index (κ2) is 9.79. The molecule has 3 rings (SSSR count). The summed E-state index contributed by atoms with van der Waals surface area (Å²) in [6, 6.07) is 24.9. The molecule has 0 amide bonds. The summed E-state index contributed by atoms with van der Waals surface area (Å²) in [4.78, 5) is 0. The van der Waals surface area contributed by atoms with Gasteiger partial charge in [-0.25, -0.2) is 0 Å². The van der Waals surface area contributed by atoms with Gasteiger partial charge in [0, 0.05) is 18.7 Å². The summed E-state index contributed by atoms with van der Waals surface area (Å²) < 4.78 is 12.0. The predicted octanol–water partition coefficient (Wildman–Crippen LogP) is 5.26. The molecule has 0 aromatic heterocycles. The van der Waals surface area contributed by atoms with Gasteiger partial charge in [0.2, 0.25) is 0 Å². The average Bonchev–Trinajstić information content (AvgIpc) is 2.70. The fourth-order valence-electron chi connectivity index (χ4n) is 2.91. The van der Waals surface area contributed by atoms with Gasteiger partial charge in [-0.1, -0.05) is 72.3 Å². The molecule has 0 aliphatic heterocycles. The molecule has 0 spiro atoms. The number of rotatable bonds is 9. The maximum Gasteiger partial charge on any atom is 0.166 e. The van der Waals surface area contributed by atoms with Crippen LogP contribution in [0.25, 0.3) is 0 Å². The van der Waals surface area contributed by atoms with Crippen molar-refractivity contribution < 1.29 is 9.47 Å². The first kappa shape index (κ1) is 19.0. The SMILES string of the molecule is CCOc1cccc(CNCc2ccc(C)cc2)c1OCc1ccccc1. The summed E-state index contributed by atoms with van der Waals surface area (Å²) in [7, 11) is 0. The van der Waals surface area contributed by atoms with Gasteiger partial charge in [-0.05, 0) is 31.0 Å². The summed E-state index contributed by atoms with van der Waals surface area (Å²) >= 11 is 0. The van der Waals surface area contributed by atoms with Gasteiger partial charge in [-0.15, -0.1) is 0 Å². The third-order valence-corrected chi connectivity index (χ3v) is 4.35. The number of nitrogens with one attached hydrogen (secondary N) is 1. The van der Waals surface area contributed by atoms with Crippen molar-refractivity contribution in [1.29, 1.82) is 0 Å². The lowest BCUT2D eigenvalue weighted by Gasteiger charge is -2.16. The maximum absolute atomic E-state index is 6.16. The van der Waals surface area contributed by atoms with Crippen molar-refractivity contribution >= 4 is 0 Å². The molecule has 1 N–H and O–H groups in total. The van der Waals surface area contributed by atoms with Crippen molar-refractivity contribution in [3.8, 4) is 11.5 Å². The van der Waals surface area contributed by atoms with Crippen LogP contribution in [-0.4, -0.2) is 6.61 Å². The quantitative estimate of drug-likeness (QED) is 0.564. The van der Waals surface area contributed by atoms with Crippen LogP contribution in [0.5, 0.6) is 11.5 Å². The molecule has 0 atom stereocenters. The second-order valence-corrected chi connectivity index (χ2v) is 6.54. The van der Waals surface area contributed by atoms with E-state index in [1.54, 1.807) is 0 Å². The first-order chi connectivity index (χ1) is 13.3. The van der Waals surface area contributed by atoms with E-state index in [1.807, 2.05) is 37.3 Å². The largest absolute Gasteiger partial charge is 0.490 e. The molecule has 140 valence electrons. The van der Waals surface area contributed by atoms with Crippen molar-refractivity contribution in [2.75, 3.05) is 6.61 Å². The Kier molecular flexibility index (Phi) is 6.89. The van der Waals surface area contributed by atoms with Gasteiger partial charge in [0.25, 0.3) is 0 Å². The van der Waals surface area contributed by atoms with Gasteiger partial charge >= 0.3 is 0 Å². The zero-order valence-corrected chi connectivity index (χ0v) is 16.1. The van der Waals surface area contributed by atoms with Crippen LogP contribution < -0.4 is 14.8 Å². The van der Waals surface area contributed by atoms with Gasteiger partial charge < -0.3 is 14.8 Å². The minimum atomic E-state index is 0.524. The molecule has 3 nitrogen and oxygen atoms in total. The molecule has 27 heavy (non-hydrogen) atoms. The molecular weight excluding hydrogens is 334 g/mol. The first-order valence-electron chi connectivity index (χ1n) is 9.44. The monoisotopic (exact) mass is 361 g/mol. The van der Waals surface area contributed by atoms with Crippen molar-refractivity contribution in [3.05, 3.63) is 95.1 Å². The first-order valence-corrected chi connectivity index (χ1v) is 9.44. The normalized spacial score (nSPS) is 10.6. The average molecular weight is 361 g/mol. The predicted molar refractivity (Wildman–Crippen MR) is 110 cm³/mol. The Bertz CT molecular complexity index is 829. The number of para-hydroxylation sites is 1. The van der Waals surface area contributed by atoms with E-state index in [0.29, 0.717) is 13.2 Å². The zero-order valence-electron chi connectivity index (χ0n) is 16.1. The molecule has 0 bridgehead atoms. The molecular formula is C24H27NO2. The number of ether oxygens (including phenoxy) is 2. The molecule has 0 aliphatic rings. The topological polar surface area (TPSA) is 30.5 Å². The van der Waals surface area contributed by atoms with E-state index in [0.717, 1.165) is 35.7 Å². The summed E-state index contributed by atoms with van der Waals surface area (Å²) in [5, 5.41) is 3.51. The highest BCUT2D eigenvalue weighted by molar-refractivity contribution is 5.47. The van der Waals surface area contributed by atoms with Gasteiger partial charge in [-0.2, -0.15) is 0 Å². The molecule has 3 heteroatoms. The Morgan fingerprint density at radius 3 is 2.26 bits per heavy atom. The highest BCUT2D eigenvalue weighted by atomic mass is 16.5. The number of benzene rings is 3. The van der Waals surface area contributed by atoms with E-state index in [4.69, 9.17) is 9.47 Å². The van der Waals surface area contributed by atoms with Gasteiger partial charge in [0.05, 0.1) is 6.61 Å². The van der Waals surface area contributed by atoms with Crippen LogP contribution in [0.1, 0.15) is 29.2 Å². The van der Waals surface area contributed by atoms with E-state index in [-0.39, 0.29) is 0 Å². The summed E-state index contributed by atoms with van der Waals surface area (Å²) in [6.45, 7) is 6.77. The Hall–Kier alpha value is -2.78. The van der Waals surface area contributed by atoms with Crippen molar-refractivity contribution in [2.45, 2.75) is 33.5 Å². The summed E-state index contributed by atoms with van der Waals surface area (Å²) in [5.41, 5.74) is 4.79. The Balaban J connectivity index is 1.69. The van der Waals surface area contributed by atoms with Crippen molar-refractivity contribution in [1.82, 2.24) is 5.32 Å². The third-order valence-electron chi connectivity index (χ3n) is 4.35. The smallest absolute Gasteiger partial charge is 0.166 e. The molecule has 0 heterocycles. The van der Waals surface area contributed by atoms with E-state index in [2.05, 4.69) is 54.7 Å². The standard InChI is InChI=1S/C24H27NO2/c1-3-26-23-11-7-10-22(17-25-16-20-14-12-19(2)13-15-20)24(23)27-18-21-8-5-4-6-9-21/h4-15,25H,3,16-18H2,1-2H3. The van der Waals surface area contributed by atoms with Crippen LogP contribution in [0.3, 0.4) is 0 Å². The van der Waals surface area contributed by atoms with E-state index in [1.165, 1.54) is 11.1 Å². The summed E-state index contributed by atoms with van der Waals surface area (Å²) in [6.07, 6.45) is 0. The molecule has 0 radical (unpaired) electrons. The van der Waals surface area contributed by atoms with Gasteiger partial charge in [-0.3, -0.25) is 0 Å². The Morgan fingerprint density at radius 1 is 0.741 bits per heavy atom. The highest BCUT2D eigenvalue weighted by Gasteiger charge is 2.11. The van der Waals surface area contributed by atoms with Crippen molar-refractivity contribution in [3.63, 3.8) is 0 Å². The molecule has 3 aromatic rings. The minimum absolute atomic E-state index is 0.524. The Labute approximate surface area is 162 Å². The molecule has 0 aliphatic carbocycles. The van der Waals surface area contributed by atoms with Crippen LogP contribution in [0.2, 0.25) is 0 Å². The number of hydrogen-bond donors (Lipinski definition) is 1. The molecule has 0 fully saturated rings. The molecule has 0 saturated carbocycles. The van der Waals surface area contributed by atoms with Gasteiger partial charge in [0.15, 0.2) is 11.5 Å². The maximum atomic E-state index is 6.16. The van der Waals surface area contributed by atoms with Crippen LogP contribution in [0.15, 0.2) is 72.8 Å². The highest BCUT2D eigenvalue weighted by Crippen LogP contribution is 2.32. The van der Waals surface area contributed by atoms with Crippen LogP contribution in [0, 0.1) is 6.92 Å². The third kappa shape index (κ3) is 5.60. The van der Waals surface area contributed by atoms with Crippen LogP contribution in [-0.2, 0) is 19.7 Å². The lowest BCUT2D eigenvalue weighted by atomic mass is 10.1. The summed E-state index contributed by atoms with van der Waals surface area (Å²) in [5.74, 6) is 1.61. The van der Waals surface area contributed by atoms with Crippen LogP contribution >= 0.6 is 0 Å². The van der Waals surface area contributed by atoms with E-state index >= 15 is 0 Å². The lowest BCUT2D eigenvalue weighted by molar-refractivity contribution is 0.266. The molecule has 0 saturated heterocycles. The molecule has 0 unspecified atom stereocenters. The zero-order chi connectivity index (χ0) is 18.9. The Morgan fingerprint density at radius 2 is 1.52 bits per heavy atom.